The van der Waals surface area contributed by atoms with Gasteiger partial charge in [0.25, 0.3) is 5.91 Å². The second-order valence-corrected chi connectivity index (χ2v) is 8.89. The third kappa shape index (κ3) is 3.98. The smallest absolute Gasteiger partial charge is 0.264 e. The first kappa shape index (κ1) is 19.9. The van der Waals surface area contributed by atoms with Crippen LogP contribution < -0.4 is 0 Å². The predicted molar refractivity (Wildman–Crippen MR) is 121 cm³/mol. The number of aryl methyl sites for hydroxylation is 1. The molecule has 1 aliphatic heterocycles. The van der Waals surface area contributed by atoms with Crippen LogP contribution in [0.25, 0.3) is 15.9 Å². The van der Waals surface area contributed by atoms with Crippen LogP contribution in [-0.2, 0) is 6.54 Å². The van der Waals surface area contributed by atoms with Crippen molar-refractivity contribution in [2.24, 2.45) is 0 Å². The molecule has 0 atom stereocenters. The van der Waals surface area contributed by atoms with E-state index in [0.29, 0.717) is 13.1 Å². The lowest BCUT2D eigenvalue weighted by molar-refractivity contribution is 0.0633. The first-order chi connectivity index (χ1) is 15.1. The highest BCUT2D eigenvalue weighted by atomic mass is 32.1. The molecule has 3 heterocycles. The molecule has 31 heavy (non-hydrogen) atoms. The van der Waals surface area contributed by atoms with Gasteiger partial charge in [-0.2, -0.15) is 5.10 Å². The third-order valence-corrected chi connectivity index (χ3v) is 6.83. The van der Waals surface area contributed by atoms with Crippen LogP contribution in [0.15, 0.2) is 60.7 Å². The molecular weight excluding hydrogens is 411 g/mol. The molecule has 1 fully saturated rings. The predicted octanol–water partition coefficient (Wildman–Crippen LogP) is 4.49. The van der Waals surface area contributed by atoms with E-state index >= 15 is 0 Å². The molecule has 4 aromatic rings. The molecule has 1 amide bonds. The Kier molecular flexibility index (Phi) is 5.29. The summed E-state index contributed by atoms with van der Waals surface area (Å²) in [6.07, 6.45) is 0. The SMILES string of the molecule is Cc1nn(-c2ccccc2)c2sc(C(=O)N3CCN(Cc4ccc(F)cc4)CC3)cc12. The number of hydrogen-bond donors (Lipinski definition) is 0. The largest absolute Gasteiger partial charge is 0.335 e. The van der Waals surface area contributed by atoms with Crippen LogP contribution in [0.1, 0.15) is 20.9 Å². The summed E-state index contributed by atoms with van der Waals surface area (Å²) < 4.78 is 15.0. The highest BCUT2D eigenvalue weighted by molar-refractivity contribution is 7.20. The maximum absolute atomic E-state index is 13.2. The Morgan fingerprint density at radius 1 is 1.03 bits per heavy atom. The van der Waals surface area contributed by atoms with Gasteiger partial charge in [-0.25, -0.2) is 9.07 Å². The van der Waals surface area contributed by atoms with E-state index in [4.69, 9.17) is 0 Å². The Hall–Kier alpha value is -3.03. The quantitative estimate of drug-likeness (QED) is 0.475. The van der Waals surface area contributed by atoms with Gasteiger partial charge >= 0.3 is 0 Å². The molecule has 2 aromatic heterocycles. The number of benzene rings is 2. The van der Waals surface area contributed by atoms with E-state index in [1.54, 1.807) is 0 Å². The van der Waals surface area contributed by atoms with E-state index in [1.165, 1.54) is 23.5 Å². The fourth-order valence-electron chi connectivity index (χ4n) is 4.01. The summed E-state index contributed by atoms with van der Waals surface area (Å²) in [5, 5.41) is 5.69. The molecule has 2 aromatic carbocycles. The number of carbonyl (C=O) groups is 1. The number of amides is 1. The lowest BCUT2D eigenvalue weighted by Crippen LogP contribution is -2.48. The standard InChI is InChI=1S/C24H23FN4OS/c1-17-21-15-22(31-24(21)29(26-17)20-5-3-2-4-6-20)23(30)28-13-11-27(12-14-28)16-18-7-9-19(25)10-8-18/h2-10,15H,11-14,16H2,1H3. The fourth-order valence-corrected chi connectivity index (χ4v) is 5.16. The summed E-state index contributed by atoms with van der Waals surface area (Å²) in [5.74, 6) is -0.130. The second kappa shape index (κ2) is 8.24. The van der Waals surface area contributed by atoms with E-state index in [-0.39, 0.29) is 11.7 Å². The number of fused-ring (bicyclic) bond motifs is 1. The number of aromatic nitrogens is 2. The maximum atomic E-state index is 13.2. The Labute approximate surface area is 184 Å². The van der Waals surface area contributed by atoms with Gasteiger partial charge in [0.1, 0.15) is 10.6 Å². The molecule has 0 saturated carbocycles. The van der Waals surface area contributed by atoms with Gasteiger partial charge in [-0.1, -0.05) is 30.3 Å². The summed E-state index contributed by atoms with van der Waals surface area (Å²) in [7, 11) is 0. The van der Waals surface area contributed by atoms with E-state index in [2.05, 4.69) is 10.00 Å². The van der Waals surface area contributed by atoms with Crippen molar-refractivity contribution < 1.29 is 9.18 Å². The van der Waals surface area contributed by atoms with Crippen molar-refractivity contribution in [2.75, 3.05) is 26.2 Å². The van der Waals surface area contributed by atoms with Gasteiger partial charge in [0.05, 0.1) is 16.3 Å². The summed E-state index contributed by atoms with van der Waals surface area (Å²) in [6, 6.07) is 18.6. The van der Waals surface area contributed by atoms with Crippen LogP contribution in [0.2, 0.25) is 0 Å². The molecule has 7 heteroatoms. The van der Waals surface area contributed by atoms with E-state index in [1.807, 2.05) is 65.0 Å². The molecule has 0 N–H and O–H groups in total. The molecular formula is C24H23FN4OS. The van der Waals surface area contributed by atoms with Gasteiger partial charge in [-0.15, -0.1) is 11.3 Å². The summed E-state index contributed by atoms with van der Waals surface area (Å²) in [5.41, 5.74) is 3.01. The van der Waals surface area contributed by atoms with Crippen LogP contribution in [0.5, 0.6) is 0 Å². The number of piperazine rings is 1. The number of para-hydroxylation sites is 1. The Morgan fingerprint density at radius 2 is 1.74 bits per heavy atom. The van der Waals surface area contributed by atoms with Crippen molar-refractivity contribution in [1.82, 2.24) is 19.6 Å². The molecule has 0 aliphatic carbocycles. The summed E-state index contributed by atoms with van der Waals surface area (Å²) >= 11 is 1.51. The first-order valence-corrected chi connectivity index (χ1v) is 11.2. The molecule has 0 spiro atoms. The van der Waals surface area contributed by atoms with Gasteiger partial charge in [-0.05, 0) is 42.8 Å². The number of rotatable bonds is 4. The zero-order valence-electron chi connectivity index (χ0n) is 17.3. The lowest BCUT2D eigenvalue weighted by Gasteiger charge is -2.34. The number of hydrogen-bond acceptors (Lipinski definition) is 4. The average Bonchev–Trinajstić information content (AvgIpc) is 3.37. The van der Waals surface area contributed by atoms with Crippen molar-refractivity contribution in [1.29, 1.82) is 0 Å². The lowest BCUT2D eigenvalue weighted by atomic mass is 10.2. The zero-order valence-corrected chi connectivity index (χ0v) is 18.1. The van der Waals surface area contributed by atoms with Gasteiger partial charge in [0.2, 0.25) is 0 Å². The van der Waals surface area contributed by atoms with Gasteiger partial charge in [0, 0.05) is 38.1 Å². The maximum Gasteiger partial charge on any atom is 0.264 e. The highest BCUT2D eigenvalue weighted by Crippen LogP contribution is 2.31. The topological polar surface area (TPSA) is 41.4 Å². The van der Waals surface area contributed by atoms with Crippen LogP contribution in [0, 0.1) is 12.7 Å². The van der Waals surface area contributed by atoms with E-state index < -0.39 is 0 Å². The van der Waals surface area contributed by atoms with E-state index in [0.717, 1.165) is 51.7 Å². The molecule has 0 unspecified atom stereocenters. The van der Waals surface area contributed by atoms with Crippen molar-refractivity contribution >= 4 is 27.5 Å². The summed E-state index contributed by atoms with van der Waals surface area (Å²) in [6.45, 7) is 5.76. The Balaban J connectivity index is 1.29. The highest BCUT2D eigenvalue weighted by Gasteiger charge is 2.25. The molecule has 1 saturated heterocycles. The minimum atomic E-state index is -0.215. The molecule has 158 valence electrons. The third-order valence-electron chi connectivity index (χ3n) is 5.74. The van der Waals surface area contributed by atoms with Crippen molar-refractivity contribution in [3.8, 4) is 5.69 Å². The fraction of sp³-hybridized carbons (Fsp3) is 0.250. The zero-order chi connectivity index (χ0) is 21.4. The van der Waals surface area contributed by atoms with Crippen LogP contribution in [0.4, 0.5) is 4.39 Å². The van der Waals surface area contributed by atoms with Gasteiger partial charge in [-0.3, -0.25) is 9.69 Å². The second-order valence-electron chi connectivity index (χ2n) is 7.86. The van der Waals surface area contributed by atoms with E-state index in [9.17, 15) is 9.18 Å². The Morgan fingerprint density at radius 3 is 2.45 bits per heavy atom. The minimum absolute atomic E-state index is 0.0849. The van der Waals surface area contributed by atoms with Crippen molar-refractivity contribution in [3.05, 3.63) is 82.6 Å². The molecule has 5 nitrogen and oxygen atoms in total. The summed E-state index contributed by atoms with van der Waals surface area (Å²) in [4.78, 5) is 19.2. The molecule has 0 bridgehead atoms. The number of thiophene rings is 1. The number of carbonyl (C=O) groups excluding carboxylic acids is 1. The van der Waals surface area contributed by atoms with Crippen LogP contribution in [0.3, 0.4) is 0 Å². The van der Waals surface area contributed by atoms with Crippen LogP contribution in [-0.4, -0.2) is 51.7 Å². The van der Waals surface area contributed by atoms with Crippen molar-refractivity contribution in [3.63, 3.8) is 0 Å². The van der Waals surface area contributed by atoms with Gasteiger partial charge in [0.15, 0.2) is 0 Å². The van der Waals surface area contributed by atoms with Crippen LogP contribution >= 0.6 is 11.3 Å². The van der Waals surface area contributed by atoms with Gasteiger partial charge < -0.3 is 4.90 Å². The number of nitrogens with zero attached hydrogens (tertiary/aromatic N) is 4. The normalized spacial score (nSPS) is 15.0. The molecule has 0 radical (unpaired) electrons. The van der Waals surface area contributed by atoms with Crippen molar-refractivity contribution in [2.45, 2.75) is 13.5 Å². The minimum Gasteiger partial charge on any atom is -0.335 e. The average molecular weight is 435 g/mol. The Bertz CT molecular complexity index is 1210. The molecule has 5 rings (SSSR count). The molecule has 1 aliphatic rings. The monoisotopic (exact) mass is 434 g/mol. The number of halogens is 1. The first-order valence-electron chi connectivity index (χ1n) is 10.4.